The Bertz CT molecular complexity index is 347. The second-order valence-electron chi connectivity index (χ2n) is 7.11. The molecule has 2 saturated carbocycles. The summed E-state index contributed by atoms with van der Waals surface area (Å²) in [5.41, 5.74) is 0.322. The van der Waals surface area contributed by atoms with Crippen LogP contribution in [0.3, 0.4) is 0 Å². The molecule has 2 bridgehead atoms. The van der Waals surface area contributed by atoms with E-state index < -0.39 is 0 Å². The molecule has 0 aromatic heterocycles. The van der Waals surface area contributed by atoms with Crippen LogP contribution in [0.25, 0.3) is 0 Å². The van der Waals surface area contributed by atoms with Gasteiger partial charge in [-0.2, -0.15) is 0 Å². The third-order valence-corrected chi connectivity index (χ3v) is 5.81. The van der Waals surface area contributed by atoms with Crippen molar-refractivity contribution in [3.63, 3.8) is 0 Å². The Labute approximate surface area is 104 Å². The van der Waals surface area contributed by atoms with E-state index in [2.05, 4.69) is 27.7 Å². The molecule has 0 spiro atoms. The van der Waals surface area contributed by atoms with Crippen LogP contribution in [-0.4, -0.2) is 12.1 Å². The standard InChI is InChI=1S/C15H24O2/c1-5-6-15(3,4)12-9-7-10-11(8(9)2)14(16)17-13(10)12/h8-13H,5-7H2,1-4H3. The zero-order chi connectivity index (χ0) is 12.4. The first-order chi connectivity index (χ1) is 7.97. The van der Waals surface area contributed by atoms with E-state index in [1.54, 1.807) is 0 Å². The monoisotopic (exact) mass is 236 g/mol. The van der Waals surface area contributed by atoms with E-state index in [1.165, 1.54) is 19.3 Å². The fourth-order valence-electron chi connectivity index (χ4n) is 5.25. The van der Waals surface area contributed by atoms with E-state index >= 15 is 0 Å². The quantitative estimate of drug-likeness (QED) is 0.703. The number of esters is 1. The number of ether oxygens (including phenoxy) is 1. The molecule has 3 fully saturated rings. The summed E-state index contributed by atoms with van der Waals surface area (Å²) in [5.74, 6) is 2.76. The van der Waals surface area contributed by atoms with Crippen LogP contribution in [0.5, 0.6) is 0 Å². The van der Waals surface area contributed by atoms with Gasteiger partial charge in [-0.25, -0.2) is 0 Å². The minimum absolute atomic E-state index is 0.102. The summed E-state index contributed by atoms with van der Waals surface area (Å²) in [6.45, 7) is 9.26. The Morgan fingerprint density at radius 3 is 2.71 bits per heavy atom. The molecule has 2 aliphatic carbocycles. The van der Waals surface area contributed by atoms with E-state index in [0.717, 1.165) is 5.92 Å². The van der Waals surface area contributed by atoms with Crippen LogP contribution in [0.4, 0.5) is 0 Å². The second-order valence-corrected chi connectivity index (χ2v) is 7.11. The van der Waals surface area contributed by atoms with E-state index in [1.807, 2.05) is 0 Å². The Morgan fingerprint density at radius 1 is 1.35 bits per heavy atom. The van der Waals surface area contributed by atoms with Gasteiger partial charge in [0, 0.05) is 11.8 Å². The van der Waals surface area contributed by atoms with Gasteiger partial charge in [0.05, 0.1) is 5.92 Å². The Hall–Kier alpha value is -0.530. The minimum Gasteiger partial charge on any atom is -0.461 e. The number of fused-ring (bicyclic) bond motifs is 1. The molecule has 0 N–H and O–H groups in total. The Balaban J connectivity index is 1.92. The van der Waals surface area contributed by atoms with Gasteiger partial charge in [0.1, 0.15) is 6.10 Å². The van der Waals surface area contributed by atoms with Crippen molar-refractivity contribution in [2.24, 2.45) is 35.0 Å². The number of carbonyl (C=O) groups excluding carboxylic acids is 1. The van der Waals surface area contributed by atoms with Crippen molar-refractivity contribution in [2.75, 3.05) is 0 Å². The summed E-state index contributed by atoms with van der Waals surface area (Å²) in [5, 5.41) is 0. The van der Waals surface area contributed by atoms with Crippen LogP contribution < -0.4 is 0 Å². The maximum absolute atomic E-state index is 11.9. The molecule has 3 aliphatic rings. The lowest BCUT2D eigenvalue weighted by Gasteiger charge is -2.41. The molecule has 6 atom stereocenters. The average molecular weight is 236 g/mol. The predicted molar refractivity (Wildman–Crippen MR) is 66.3 cm³/mol. The van der Waals surface area contributed by atoms with Crippen LogP contribution >= 0.6 is 0 Å². The van der Waals surface area contributed by atoms with Crippen molar-refractivity contribution >= 4 is 5.97 Å². The molecule has 2 heteroatoms. The Morgan fingerprint density at radius 2 is 2.06 bits per heavy atom. The lowest BCUT2D eigenvalue weighted by atomic mass is 9.63. The first-order valence-corrected chi connectivity index (χ1v) is 7.18. The maximum atomic E-state index is 11.9. The highest BCUT2D eigenvalue weighted by Crippen LogP contribution is 2.64. The fourth-order valence-corrected chi connectivity index (χ4v) is 5.25. The molecule has 1 saturated heterocycles. The zero-order valence-corrected chi connectivity index (χ0v) is 11.4. The van der Waals surface area contributed by atoms with E-state index in [-0.39, 0.29) is 18.0 Å². The van der Waals surface area contributed by atoms with Crippen molar-refractivity contribution in [3.05, 3.63) is 0 Å². The van der Waals surface area contributed by atoms with Crippen molar-refractivity contribution in [1.82, 2.24) is 0 Å². The summed E-state index contributed by atoms with van der Waals surface area (Å²) >= 11 is 0. The van der Waals surface area contributed by atoms with Crippen LogP contribution in [-0.2, 0) is 9.53 Å². The highest BCUT2D eigenvalue weighted by atomic mass is 16.6. The third kappa shape index (κ3) is 1.36. The first kappa shape index (κ1) is 11.6. The van der Waals surface area contributed by atoms with Crippen molar-refractivity contribution in [3.8, 4) is 0 Å². The molecule has 6 unspecified atom stereocenters. The van der Waals surface area contributed by atoms with Gasteiger partial charge in [-0.15, -0.1) is 0 Å². The molecular formula is C15H24O2. The van der Waals surface area contributed by atoms with E-state index in [4.69, 9.17) is 4.74 Å². The van der Waals surface area contributed by atoms with Crippen molar-refractivity contribution in [2.45, 2.75) is 53.1 Å². The van der Waals surface area contributed by atoms with Crippen molar-refractivity contribution in [1.29, 1.82) is 0 Å². The van der Waals surface area contributed by atoms with Crippen LogP contribution in [0.1, 0.15) is 47.0 Å². The fraction of sp³-hybridized carbons (Fsp3) is 0.933. The van der Waals surface area contributed by atoms with E-state index in [0.29, 0.717) is 23.2 Å². The number of hydrogen-bond donors (Lipinski definition) is 0. The molecular weight excluding hydrogens is 212 g/mol. The van der Waals surface area contributed by atoms with Gasteiger partial charge in [-0.3, -0.25) is 4.79 Å². The smallest absolute Gasteiger partial charge is 0.309 e. The summed E-state index contributed by atoms with van der Waals surface area (Å²) in [4.78, 5) is 11.9. The number of rotatable bonds is 3. The van der Waals surface area contributed by atoms with Gasteiger partial charge < -0.3 is 4.74 Å². The average Bonchev–Trinajstić information content (AvgIpc) is 2.78. The zero-order valence-electron chi connectivity index (χ0n) is 11.4. The summed E-state index contributed by atoms with van der Waals surface area (Å²) in [6.07, 6.45) is 3.95. The number of carbonyl (C=O) groups is 1. The molecule has 2 nitrogen and oxygen atoms in total. The van der Waals surface area contributed by atoms with Crippen molar-refractivity contribution < 1.29 is 9.53 Å². The molecule has 0 amide bonds. The topological polar surface area (TPSA) is 26.3 Å². The summed E-state index contributed by atoms with van der Waals surface area (Å²) in [7, 11) is 0. The molecule has 0 aromatic carbocycles. The molecule has 96 valence electrons. The third-order valence-electron chi connectivity index (χ3n) is 5.81. The van der Waals surface area contributed by atoms with E-state index in [9.17, 15) is 4.79 Å². The highest BCUT2D eigenvalue weighted by molar-refractivity contribution is 5.77. The normalized spacial score (nSPS) is 47.6. The summed E-state index contributed by atoms with van der Waals surface area (Å²) < 4.78 is 5.72. The lowest BCUT2D eigenvalue weighted by molar-refractivity contribution is -0.145. The van der Waals surface area contributed by atoms with Crippen LogP contribution in [0.15, 0.2) is 0 Å². The van der Waals surface area contributed by atoms with Gasteiger partial charge >= 0.3 is 5.97 Å². The largest absolute Gasteiger partial charge is 0.461 e. The van der Waals surface area contributed by atoms with Gasteiger partial charge in [0.15, 0.2) is 0 Å². The van der Waals surface area contributed by atoms with Gasteiger partial charge in [0.25, 0.3) is 0 Å². The summed E-state index contributed by atoms with van der Waals surface area (Å²) in [6, 6.07) is 0. The minimum atomic E-state index is 0.102. The number of hydrogen-bond acceptors (Lipinski definition) is 2. The molecule has 3 rings (SSSR count). The SMILES string of the molecule is CCCC(C)(C)C1C2CC3C1OC(=O)C3C2C. The van der Waals surface area contributed by atoms with Gasteiger partial charge in [-0.05, 0) is 30.1 Å². The maximum Gasteiger partial charge on any atom is 0.309 e. The molecule has 1 heterocycles. The second kappa shape index (κ2) is 3.49. The molecule has 0 radical (unpaired) electrons. The predicted octanol–water partition coefficient (Wildman–Crippen LogP) is 3.26. The molecule has 1 aliphatic heterocycles. The molecule has 17 heavy (non-hydrogen) atoms. The lowest BCUT2D eigenvalue weighted by Crippen LogP contribution is -2.41. The van der Waals surface area contributed by atoms with Gasteiger partial charge in [-0.1, -0.05) is 34.1 Å². The van der Waals surface area contributed by atoms with Crippen LogP contribution in [0.2, 0.25) is 0 Å². The van der Waals surface area contributed by atoms with Crippen LogP contribution in [0, 0.1) is 35.0 Å². The first-order valence-electron chi connectivity index (χ1n) is 7.18. The van der Waals surface area contributed by atoms with Gasteiger partial charge in [0.2, 0.25) is 0 Å². The Kier molecular flexibility index (Phi) is 2.37. The highest BCUT2D eigenvalue weighted by Gasteiger charge is 2.67. The molecule has 0 aromatic rings.